The summed E-state index contributed by atoms with van der Waals surface area (Å²) in [5.41, 5.74) is 0.365. The van der Waals surface area contributed by atoms with Crippen molar-refractivity contribution in [1.29, 1.82) is 0 Å². The van der Waals surface area contributed by atoms with E-state index in [-0.39, 0.29) is 12.6 Å². The van der Waals surface area contributed by atoms with E-state index < -0.39 is 11.7 Å². The summed E-state index contributed by atoms with van der Waals surface area (Å²) in [7, 11) is 1.85. The van der Waals surface area contributed by atoms with Gasteiger partial charge < -0.3 is 10.2 Å². The molecule has 1 N–H and O–H groups in total. The van der Waals surface area contributed by atoms with Gasteiger partial charge in [0, 0.05) is 25.3 Å². The smallest absolute Gasteiger partial charge is 0.372 e. The van der Waals surface area contributed by atoms with Crippen LogP contribution in [0.25, 0.3) is 0 Å². The molecule has 0 amide bonds. The van der Waals surface area contributed by atoms with E-state index in [1.807, 2.05) is 25.8 Å². The van der Waals surface area contributed by atoms with Crippen LogP contribution in [-0.2, 0) is 12.7 Å². The van der Waals surface area contributed by atoms with Crippen molar-refractivity contribution in [1.82, 2.24) is 5.32 Å². The quantitative estimate of drug-likeness (QED) is 0.801. The van der Waals surface area contributed by atoms with Crippen LogP contribution in [0.2, 0.25) is 0 Å². The van der Waals surface area contributed by atoms with Crippen molar-refractivity contribution in [2.24, 2.45) is 0 Å². The van der Waals surface area contributed by atoms with E-state index in [4.69, 9.17) is 0 Å². The first-order chi connectivity index (χ1) is 9.81. The van der Waals surface area contributed by atoms with Crippen LogP contribution in [-0.4, -0.2) is 19.6 Å². The Morgan fingerprint density at radius 3 is 2.43 bits per heavy atom. The van der Waals surface area contributed by atoms with E-state index in [9.17, 15) is 13.2 Å². The summed E-state index contributed by atoms with van der Waals surface area (Å²) < 4.78 is 39.7. The van der Waals surface area contributed by atoms with Crippen molar-refractivity contribution < 1.29 is 13.2 Å². The second-order valence-electron chi connectivity index (χ2n) is 5.37. The molecule has 1 aromatic rings. The normalized spacial score (nSPS) is 13.3. The fourth-order valence-corrected chi connectivity index (χ4v) is 2.33. The minimum atomic E-state index is -4.32. The number of halogens is 3. The minimum Gasteiger partial charge on any atom is -0.372 e. The Labute approximate surface area is 125 Å². The highest BCUT2D eigenvalue weighted by molar-refractivity contribution is 5.52. The maximum Gasteiger partial charge on any atom is 0.416 e. The topological polar surface area (TPSA) is 15.3 Å². The summed E-state index contributed by atoms with van der Waals surface area (Å²) in [5, 5.41) is 2.96. The zero-order chi connectivity index (χ0) is 16.0. The molecule has 120 valence electrons. The third-order valence-electron chi connectivity index (χ3n) is 3.74. The average molecular weight is 302 g/mol. The van der Waals surface area contributed by atoms with Gasteiger partial charge in [0.2, 0.25) is 0 Å². The van der Waals surface area contributed by atoms with Gasteiger partial charge in [-0.2, -0.15) is 13.2 Å². The Balaban J connectivity index is 3.09. The van der Waals surface area contributed by atoms with Crippen LogP contribution < -0.4 is 10.2 Å². The second kappa shape index (κ2) is 7.69. The number of hydrogen-bond donors (Lipinski definition) is 1. The summed E-state index contributed by atoms with van der Waals surface area (Å²) >= 11 is 0. The van der Waals surface area contributed by atoms with Crippen LogP contribution in [0.5, 0.6) is 0 Å². The molecule has 0 saturated carbocycles. The lowest BCUT2D eigenvalue weighted by molar-refractivity contribution is -0.138. The molecule has 0 bridgehead atoms. The average Bonchev–Trinajstić information content (AvgIpc) is 2.43. The first-order valence-corrected chi connectivity index (χ1v) is 7.44. The summed E-state index contributed by atoms with van der Waals surface area (Å²) in [4.78, 5) is 1.91. The molecule has 2 nitrogen and oxygen atoms in total. The van der Waals surface area contributed by atoms with Crippen molar-refractivity contribution in [3.63, 3.8) is 0 Å². The van der Waals surface area contributed by atoms with Gasteiger partial charge in [0.25, 0.3) is 0 Å². The van der Waals surface area contributed by atoms with Gasteiger partial charge in [0.15, 0.2) is 0 Å². The third-order valence-corrected chi connectivity index (χ3v) is 3.74. The molecule has 0 aromatic heterocycles. The van der Waals surface area contributed by atoms with Crippen LogP contribution in [0, 0.1) is 0 Å². The van der Waals surface area contributed by atoms with Gasteiger partial charge in [0.05, 0.1) is 5.56 Å². The van der Waals surface area contributed by atoms with Crippen LogP contribution in [0.15, 0.2) is 18.2 Å². The first-order valence-electron chi connectivity index (χ1n) is 7.44. The standard InChI is InChI=1S/C16H25F3N2/c1-5-7-12(3)21(4)14-9-8-13(11-20-6-2)15(10-14)16(17,18)19/h8-10,12,20H,5-7,11H2,1-4H3. The van der Waals surface area contributed by atoms with Gasteiger partial charge in [0.1, 0.15) is 0 Å². The van der Waals surface area contributed by atoms with Crippen molar-refractivity contribution in [2.45, 2.75) is 52.4 Å². The molecule has 0 spiro atoms. The van der Waals surface area contributed by atoms with Crippen molar-refractivity contribution >= 4 is 5.69 Å². The minimum absolute atomic E-state index is 0.218. The fraction of sp³-hybridized carbons (Fsp3) is 0.625. The van der Waals surface area contributed by atoms with E-state index in [2.05, 4.69) is 12.2 Å². The molecule has 21 heavy (non-hydrogen) atoms. The lowest BCUT2D eigenvalue weighted by Gasteiger charge is -2.28. The Kier molecular flexibility index (Phi) is 6.52. The molecule has 1 unspecified atom stereocenters. The number of nitrogens with one attached hydrogen (secondary N) is 1. The molecule has 0 radical (unpaired) electrons. The van der Waals surface area contributed by atoms with Gasteiger partial charge in [-0.3, -0.25) is 0 Å². The molecular formula is C16H25F3N2. The summed E-state index contributed by atoms with van der Waals surface area (Å²) in [6.45, 7) is 6.86. The predicted octanol–water partition coefficient (Wildman–Crippen LogP) is 4.44. The highest BCUT2D eigenvalue weighted by atomic mass is 19.4. The molecule has 0 saturated heterocycles. The van der Waals surface area contributed by atoms with Crippen LogP contribution in [0.4, 0.5) is 18.9 Å². The zero-order valence-corrected chi connectivity index (χ0v) is 13.2. The third kappa shape index (κ3) is 4.92. The van der Waals surface area contributed by atoms with Gasteiger partial charge in [-0.15, -0.1) is 0 Å². The van der Waals surface area contributed by atoms with Crippen LogP contribution in [0.1, 0.15) is 44.7 Å². The number of alkyl halides is 3. The van der Waals surface area contributed by atoms with Crippen molar-refractivity contribution in [2.75, 3.05) is 18.5 Å². The first kappa shape index (κ1) is 17.8. The maximum atomic E-state index is 13.2. The molecule has 0 aliphatic carbocycles. The lowest BCUT2D eigenvalue weighted by Crippen LogP contribution is -2.29. The summed E-state index contributed by atoms with van der Waals surface area (Å²) in [5.74, 6) is 0. The highest BCUT2D eigenvalue weighted by Crippen LogP contribution is 2.35. The number of benzene rings is 1. The number of hydrogen-bond acceptors (Lipinski definition) is 2. The van der Waals surface area contributed by atoms with Crippen LogP contribution in [0.3, 0.4) is 0 Å². The molecule has 0 aliphatic heterocycles. The molecule has 0 fully saturated rings. The van der Waals surface area contributed by atoms with E-state index in [0.29, 0.717) is 17.8 Å². The molecule has 1 atom stereocenters. The maximum absolute atomic E-state index is 13.2. The summed E-state index contributed by atoms with van der Waals surface area (Å²) in [6.07, 6.45) is -2.36. The van der Waals surface area contributed by atoms with E-state index >= 15 is 0 Å². The summed E-state index contributed by atoms with van der Waals surface area (Å²) in [6, 6.07) is 4.83. The fourth-order valence-electron chi connectivity index (χ4n) is 2.33. The highest BCUT2D eigenvalue weighted by Gasteiger charge is 2.33. The van der Waals surface area contributed by atoms with E-state index in [1.54, 1.807) is 12.1 Å². The van der Waals surface area contributed by atoms with Crippen molar-refractivity contribution in [3.8, 4) is 0 Å². The molecule has 5 heteroatoms. The SMILES string of the molecule is CCCC(C)N(C)c1ccc(CNCC)c(C(F)(F)F)c1. The molecule has 0 aliphatic rings. The Morgan fingerprint density at radius 2 is 1.90 bits per heavy atom. The van der Waals surface area contributed by atoms with E-state index in [1.165, 1.54) is 6.07 Å². The van der Waals surface area contributed by atoms with Gasteiger partial charge in [-0.05, 0) is 37.6 Å². The number of rotatable bonds is 7. The lowest BCUT2D eigenvalue weighted by atomic mass is 10.0. The number of nitrogens with zero attached hydrogens (tertiary/aromatic N) is 1. The predicted molar refractivity (Wildman–Crippen MR) is 81.6 cm³/mol. The Bertz CT molecular complexity index is 444. The second-order valence-corrected chi connectivity index (χ2v) is 5.37. The number of anilines is 1. The van der Waals surface area contributed by atoms with Crippen LogP contribution >= 0.6 is 0 Å². The Hall–Kier alpha value is -1.23. The largest absolute Gasteiger partial charge is 0.416 e. The molecule has 1 rings (SSSR count). The van der Waals surface area contributed by atoms with Crippen molar-refractivity contribution in [3.05, 3.63) is 29.3 Å². The zero-order valence-electron chi connectivity index (χ0n) is 13.2. The molecule has 0 heterocycles. The van der Waals surface area contributed by atoms with Gasteiger partial charge in [-0.1, -0.05) is 26.3 Å². The molecule has 1 aromatic carbocycles. The Morgan fingerprint density at radius 1 is 1.24 bits per heavy atom. The van der Waals surface area contributed by atoms with Gasteiger partial charge >= 0.3 is 6.18 Å². The monoisotopic (exact) mass is 302 g/mol. The molecular weight excluding hydrogens is 277 g/mol. The van der Waals surface area contributed by atoms with E-state index in [0.717, 1.165) is 12.8 Å². The van der Waals surface area contributed by atoms with Gasteiger partial charge in [-0.25, -0.2) is 0 Å².